The molecule has 13 heavy (non-hydrogen) atoms. The molecule has 0 aliphatic rings. The molecule has 0 radical (unpaired) electrons. The van der Waals surface area contributed by atoms with E-state index in [2.05, 4.69) is 0 Å². The molecule has 0 aliphatic heterocycles. The molecule has 0 rings (SSSR count). The smallest absolute Gasteiger partial charge is 0.307 e. The van der Waals surface area contributed by atoms with Crippen molar-refractivity contribution in [3.8, 4) is 0 Å². The van der Waals surface area contributed by atoms with Crippen LogP contribution in [0.25, 0.3) is 0 Å². The van der Waals surface area contributed by atoms with Crippen molar-refractivity contribution >= 4 is 11.9 Å². The van der Waals surface area contributed by atoms with Crippen molar-refractivity contribution in [2.45, 2.75) is 19.4 Å². The molecule has 0 saturated heterocycles. The largest absolute Gasteiger partial charge is 0.481 e. The Kier molecular flexibility index (Phi) is 5.06. The topological polar surface area (TPSA) is 66.8 Å². The quantitative estimate of drug-likeness (QED) is 0.614. The first-order valence-electron chi connectivity index (χ1n) is 3.95. The van der Waals surface area contributed by atoms with Gasteiger partial charge in [-0.05, 0) is 14.1 Å². The molecule has 5 heteroatoms. The van der Waals surface area contributed by atoms with Crippen LogP contribution >= 0.6 is 0 Å². The molecule has 0 aromatic carbocycles. The van der Waals surface area contributed by atoms with Crippen molar-refractivity contribution in [2.75, 3.05) is 20.6 Å². The summed E-state index contributed by atoms with van der Waals surface area (Å²) < 4.78 is 4.81. The van der Waals surface area contributed by atoms with Crippen LogP contribution in [0.3, 0.4) is 0 Å². The summed E-state index contributed by atoms with van der Waals surface area (Å²) in [5.41, 5.74) is 0. The summed E-state index contributed by atoms with van der Waals surface area (Å²) in [5, 5.41) is 8.50. The molecule has 0 aromatic rings. The van der Waals surface area contributed by atoms with E-state index < -0.39 is 18.0 Å². The maximum absolute atomic E-state index is 10.6. The molecule has 1 unspecified atom stereocenters. The minimum Gasteiger partial charge on any atom is -0.481 e. The summed E-state index contributed by atoms with van der Waals surface area (Å²) in [5.74, 6) is -1.42. The summed E-state index contributed by atoms with van der Waals surface area (Å²) in [6.07, 6.45) is -0.720. The van der Waals surface area contributed by atoms with Crippen molar-refractivity contribution in [3.63, 3.8) is 0 Å². The van der Waals surface area contributed by atoms with Gasteiger partial charge in [-0.1, -0.05) is 0 Å². The van der Waals surface area contributed by atoms with E-state index in [1.54, 1.807) is 19.0 Å². The molecule has 5 nitrogen and oxygen atoms in total. The third kappa shape index (κ3) is 7.27. The molecule has 76 valence electrons. The van der Waals surface area contributed by atoms with Gasteiger partial charge >= 0.3 is 11.9 Å². The second kappa shape index (κ2) is 5.53. The van der Waals surface area contributed by atoms with Gasteiger partial charge in [-0.25, -0.2) is 0 Å². The number of carbonyl (C=O) groups excluding carboxylic acids is 1. The maximum Gasteiger partial charge on any atom is 0.307 e. The second-order valence-corrected chi connectivity index (χ2v) is 3.09. The van der Waals surface area contributed by atoms with Crippen LogP contribution in [0.1, 0.15) is 13.3 Å². The summed E-state index contributed by atoms with van der Waals surface area (Å²) in [4.78, 5) is 22.7. The monoisotopic (exact) mass is 189 g/mol. The highest BCUT2D eigenvalue weighted by atomic mass is 16.5. The Bertz CT molecular complexity index is 175. The lowest BCUT2D eigenvalue weighted by Gasteiger charge is -2.18. The van der Waals surface area contributed by atoms with E-state index in [9.17, 15) is 9.59 Å². The fraction of sp³-hybridized carbons (Fsp3) is 0.750. The Morgan fingerprint density at radius 2 is 2.00 bits per heavy atom. The van der Waals surface area contributed by atoms with E-state index in [1.165, 1.54) is 6.92 Å². The van der Waals surface area contributed by atoms with Gasteiger partial charge in [0.05, 0.1) is 6.42 Å². The Morgan fingerprint density at radius 3 is 2.31 bits per heavy atom. The number of esters is 1. The predicted molar refractivity (Wildman–Crippen MR) is 46.4 cm³/mol. The molecule has 0 bridgehead atoms. The van der Waals surface area contributed by atoms with Gasteiger partial charge in [-0.15, -0.1) is 0 Å². The molecule has 0 fully saturated rings. The summed E-state index contributed by atoms with van der Waals surface area (Å²) in [6.45, 7) is 1.69. The van der Waals surface area contributed by atoms with E-state index >= 15 is 0 Å². The number of aliphatic carboxylic acids is 1. The van der Waals surface area contributed by atoms with Crippen LogP contribution in [0.15, 0.2) is 0 Å². The van der Waals surface area contributed by atoms with Crippen molar-refractivity contribution < 1.29 is 19.4 Å². The Hall–Kier alpha value is -1.10. The van der Waals surface area contributed by atoms with Gasteiger partial charge in [0.1, 0.15) is 6.10 Å². The number of hydrogen-bond acceptors (Lipinski definition) is 4. The van der Waals surface area contributed by atoms with E-state index in [4.69, 9.17) is 9.84 Å². The lowest BCUT2D eigenvalue weighted by atomic mass is 10.2. The average Bonchev–Trinajstić information content (AvgIpc) is 1.80. The molecule has 0 aliphatic carbocycles. The van der Waals surface area contributed by atoms with Crippen LogP contribution in [-0.4, -0.2) is 48.7 Å². The number of nitrogens with zero attached hydrogens (tertiary/aromatic N) is 1. The zero-order valence-electron chi connectivity index (χ0n) is 8.11. The first-order chi connectivity index (χ1) is 5.91. The Balaban J connectivity index is 4.02. The van der Waals surface area contributed by atoms with E-state index in [0.717, 1.165) is 0 Å². The Morgan fingerprint density at radius 1 is 1.46 bits per heavy atom. The van der Waals surface area contributed by atoms with E-state index in [1.807, 2.05) is 0 Å². The summed E-state index contributed by atoms with van der Waals surface area (Å²) >= 11 is 0. The fourth-order valence-electron chi connectivity index (χ4n) is 0.980. The predicted octanol–water partition coefficient (Wildman–Crippen LogP) is -0.0456. The molecule has 1 N–H and O–H groups in total. The summed E-state index contributed by atoms with van der Waals surface area (Å²) in [6, 6.07) is 0. The normalized spacial score (nSPS) is 12.6. The van der Waals surface area contributed by atoms with Crippen molar-refractivity contribution in [3.05, 3.63) is 0 Å². The molecule has 0 spiro atoms. The zero-order valence-corrected chi connectivity index (χ0v) is 8.11. The lowest BCUT2D eigenvalue weighted by Crippen LogP contribution is -2.31. The van der Waals surface area contributed by atoms with Crippen molar-refractivity contribution in [1.82, 2.24) is 4.90 Å². The number of hydrogen-bond donors (Lipinski definition) is 1. The minimum absolute atomic E-state index is 0.155. The lowest BCUT2D eigenvalue weighted by molar-refractivity contribution is -0.151. The van der Waals surface area contributed by atoms with Crippen LogP contribution in [0.2, 0.25) is 0 Å². The molecule has 0 aromatic heterocycles. The Labute approximate surface area is 77.3 Å². The molecule has 0 amide bonds. The van der Waals surface area contributed by atoms with Gasteiger partial charge in [0.25, 0.3) is 0 Å². The first-order valence-corrected chi connectivity index (χ1v) is 3.95. The molecular weight excluding hydrogens is 174 g/mol. The highest BCUT2D eigenvalue weighted by Crippen LogP contribution is 2.00. The van der Waals surface area contributed by atoms with Gasteiger partial charge in [0.15, 0.2) is 0 Å². The van der Waals surface area contributed by atoms with Crippen LogP contribution < -0.4 is 0 Å². The highest BCUT2D eigenvalue weighted by Gasteiger charge is 2.16. The number of ether oxygens (including phenoxy) is 1. The van der Waals surface area contributed by atoms with Crippen LogP contribution in [0.5, 0.6) is 0 Å². The van der Waals surface area contributed by atoms with Gasteiger partial charge in [0, 0.05) is 13.5 Å². The summed E-state index contributed by atoms with van der Waals surface area (Å²) in [7, 11) is 3.58. The van der Waals surface area contributed by atoms with Crippen LogP contribution in [0.4, 0.5) is 0 Å². The second-order valence-electron chi connectivity index (χ2n) is 3.09. The van der Waals surface area contributed by atoms with Gasteiger partial charge in [-0.2, -0.15) is 0 Å². The standard InChI is InChI=1S/C8H15NO4/c1-6(10)13-7(4-8(11)12)5-9(2)3/h7H,4-5H2,1-3H3,(H,11,12). The number of rotatable bonds is 5. The van der Waals surface area contributed by atoms with Crippen LogP contribution in [0, 0.1) is 0 Å². The molecule has 1 atom stereocenters. The average molecular weight is 189 g/mol. The van der Waals surface area contributed by atoms with Gasteiger partial charge in [0.2, 0.25) is 0 Å². The maximum atomic E-state index is 10.6. The molecular formula is C8H15NO4. The van der Waals surface area contributed by atoms with E-state index in [-0.39, 0.29) is 6.42 Å². The van der Waals surface area contributed by atoms with Crippen molar-refractivity contribution in [2.24, 2.45) is 0 Å². The zero-order chi connectivity index (χ0) is 10.4. The SMILES string of the molecule is CC(=O)OC(CC(=O)O)CN(C)C. The number of carboxylic acids is 1. The van der Waals surface area contributed by atoms with Crippen LogP contribution in [-0.2, 0) is 14.3 Å². The highest BCUT2D eigenvalue weighted by molar-refractivity contribution is 5.69. The first kappa shape index (κ1) is 11.9. The molecule has 0 saturated carbocycles. The van der Waals surface area contributed by atoms with E-state index in [0.29, 0.717) is 6.54 Å². The van der Waals surface area contributed by atoms with Gasteiger partial charge < -0.3 is 14.7 Å². The minimum atomic E-state index is -0.965. The number of likely N-dealkylation sites (N-methyl/N-ethyl adjacent to an activating group) is 1. The fourth-order valence-corrected chi connectivity index (χ4v) is 0.980. The number of carbonyl (C=O) groups is 2. The third-order valence-electron chi connectivity index (χ3n) is 1.30. The third-order valence-corrected chi connectivity index (χ3v) is 1.30. The van der Waals surface area contributed by atoms with Gasteiger partial charge in [-0.3, -0.25) is 9.59 Å². The number of carboxylic acid groups (broad SMARTS) is 1. The van der Waals surface area contributed by atoms with Crippen molar-refractivity contribution in [1.29, 1.82) is 0 Å². The molecule has 0 heterocycles.